The van der Waals surface area contributed by atoms with Crippen LogP contribution in [0.2, 0.25) is 0 Å². The molecule has 14 unspecified atom stereocenters. The highest BCUT2D eigenvalue weighted by Crippen LogP contribution is 2.38. The summed E-state index contributed by atoms with van der Waals surface area (Å²) in [6, 6.07) is -4.25. The maximum atomic E-state index is 12.1. The molecule has 3 rings (SSSR count). The Balaban J connectivity index is 1.99. The van der Waals surface area contributed by atoms with Gasteiger partial charge in [-0.2, -0.15) is 0 Å². The Kier molecular flexibility index (Phi) is 10.8. The van der Waals surface area contributed by atoms with Crippen molar-refractivity contribution in [1.29, 1.82) is 0 Å². The molecular formula is C21H39N7O13. The van der Waals surface area contributed by atoms with Gasteiger partial charge in [-0.25, -0.2) is 9.98 Å². The van der Waals surface area contributed by atoms with E-state index in [2.05, 4.69) is 15.3 Å². The number of nitrogens with one attached hydrogen (secondary N) is 1. The number of hydrogen-bond donors (Lipinski definition) is 13. The Bertz CT molecular complexity index is 957. The average Bonchev–Trinajstić information content (AvgIpc) is 3.19. The van der Waals surface area contributed by atoms with Crippen LogP contribution >= 0.6 is 0 Å². The quantitative estimate of drug-likeness (QED) is 0.0631. The van der Waals surface area contributed by atoms with Crippen molar-refractivity contribution >= 4 is 18.2 Å². The molecule has 15 atom stereocenters. The molecule has 2 saturated heterocycles. The predicted molar refractivity (Wildman–Crippen MR) is 134 cm³/mol. The number of aliphatic hydroxyl groups excluding tert-OH is 7. The van der Waals surface area contributed by atoms with Gasteiger partial charge in [-0.05, 0) is 7.05 Å². The minimum absolute atomic E-state index is 0.0111. The second-order valence-electron chi connectivity index (χ2n) is 9.92. The van der Waals surface area contributed by atoms with Crippen LogP contribution in [0.25, 0.3) is 0 Å². The second-order valence-corrected chi connectivity index (χ2v) is 9.92. The summed E-state index contributed by atoms with van der Waals surface area (Å²) in [5.74, 6) is -1.10. The van der Waals surface area contributed by atoms with E-state index in [1.54, 1.807) is 0 Å². The van der Waals surface area contributed by atoms with E-state index in [1.807, 2.05) is 0 Å². The third-order valence-corrected chi connectivity index (χ3v) is 7.33. The number of aliphatic hydroxyl groups is 8. The van der Waals surface area contributed by atoms with Crippen molar-refractivity contribution in [2.45, 2.75) is 91.2 Å². The largest absolute Gasteiger partial charge is 0.394 e. The molecule has 0 aromatic carbocycles. The smallest absolute Gasteiger partial charge is 0.188 e. The van der Waals surface area contributed by atoms with Gasteiger partial charge in [-0.15, -0.1) is 0 Å². The monoisotopic (exact) mass is 597 g/mol. The molecule has 0 spiro atoms. The molecule has 3 aliphatic rings. The number of hydrogen-bond acceptors (Lipinski definition) is 16. The number of nitrogens with zero attached hydrogens (tertiary/aromatic N) is 2. The molecule has 20 heteroatoms. The van der Waals surface area contributed by atoms with Gasteiger partial charge in [0, 0.05) is 0 Å². The highest BCUT2D eigenvalue weighted by Gasteiger charge is 2.62. The molecule has 0 aromatic heterocycles. The molecule has 0 aromatic rings. The first-order valence-corrected chi connectivity index (χ1v) is 12.5. The van der Waals surface area contributed by atoms with Crippen LogP contribution < -0.4 is 28.3 Å². The van der Waals surface area contributed by atoms with Crippen molar-refractivity contribution in [1.82, 2.24) is 5.32 Å². The lowest BCUT2D eigenvalue weighted by molar-refractivity contribution is -0.314. The van der Waals surface area contributed by atoms with E-state index in [9.17, 15) is 45.6 Å². The summed E-state index contributed by atoms with van der Waals surface area (Å²) in [7, 11) is 1.38. The van der Waals surface area contributed by atoms with Gasteiger partial charge in [0.2, 0.25) is 0 Å². The predicted octanol–water partition coefficient (Wildman–Crippen LogP) is -9.19. The third kappa shape index (κ3) is 6.39. The van der Waals surface area contributed by atoms with E-state index in [1.165, 1.54) is 7.05 Å². The zero-order valence-corrected chi connectivity index (χ0v) is 21.9. The van der Waals surface area contributed by atoms with Crippen LogP contribution in [0.4, 0.5) is 0 Å². The van der Waals surface area contributed by atoms with Gasteiger partial charge in [0.1, 0.15) is 67.0 Å². The zero-order chi connectivity index (χ0) is 30.8. The second kappa shape index (κ2) is 13.3. The van der Waals surface area contributed by atoms with E-state index in [-0.39, 0.29) is 6.29 Å². The van der Waals surface area contributed by atoms with Crippen molar-refractivity contribution in [3.8, 4) is 0 Å². The average molecular weight is 598 g/mol. The fourth-order valence-electron chi connectivity index (χ4n) is 5.16. The first-order valence-electron chi connectivity index (χ1n) is 12.5. The summed E-state index contributed by atoms with van der Waals surface area (Å²) in [6.07, 6.45) is -18.6. The van der Waals surface area contributed by atoms with Gasteiger partial charge >= 0.3 is 0 Å². The molecule has 3 fully saturated rings. The Labute approximate surface area is 233 Å². The molecule has 0 radical (unpaired) electrons. The Morgan fingerprint density at radius 3 is 1.98 bits per heavy atom. The van der Waals surface area contributed by atoms with Crippen LogP contribution in [0.15, 0.2) is 9.98 Å². The molecule has 17 N–H and O–H groups in total. The third-order valence-electron chi connectivity index (χ3n) is 7.33. The number of carbonyl (C=O) groups is 1. The Morgan fingerprint density at radius 1 is 0.854 bits per heavy atom. The normalized spacial score (nSPS) is 46.6. The van der Waals surface area contributed by atoms with Gasteiger partial charge in [0.15, 0.2) is 36.4 Å². The SMILES string of the molecule is CNC1C(OC2C(OC3C(O)C(O)C(N=C(N)N)C(O)C3N=C(N)N)OC(CO)[C@]2(O)C=O)OC(CO)C(O)C1O. The maximum absolute atomic E-state index is 12.1. The zero-order valence-electron chi connectivity index (χ0n) is 21.9. The summed E-state index contributed by atoms with van der Waals surface area (Å²) in [5.41, 5.74) is 19.1. The number of aliphatic imine (C=N–C) groups is 2. The van der Waals surface area contributed by atoms with Crippen LogP contribution in [0, 0.1) is 0 Å². The van der Waals surface area contributed by atoms with Crippen molar-refractivity contribution in [3.05, 3.63) is 0 Å². The van der Waals surface area contributed by atoms with Gasteiger partial charge in [0.05, 0.1) is 19.3 Å². The van der Waals surface area contributed by atoms with Gasteiger partial charge in [-0.1, -0.05) is 0 Å². The van der Waals surface area contributed by atoms with Gasteiger partial charge in [0.25, 0.3) is 0 Å². The first kappa shape index (κ1) is 33.2. The van der Waals surface area contributed by atoms with E-state index < -0.39 is 116 Å². The van der Waals surface area contributed by atoms with Crippen LogP contribution in [-0.2, 0) is 23.7 Å². The lowest BCUT2D eigenvalue weighted by Crippen LogP contribution is -2.66. The number of ether oxygens (including phenoxy) is 4. The van der Waals surface area contributed by atoms with Crippen LogP contribution in [0.1, 0.15) is 0 Å². The molecule has 0 amide bonds. The van der Waals surface area contributed by atoms with Crippen molar-refractivity contribution < 1.29 is 64.6 Å². The van der Waals surface area contributed by atoms with E-state index in [4.69, 9.17) is 41.9 Å². The summed E-state index contributed by atoms with van der Waals surface area (Å²) < 4.78 is 22.7. The number of guanidine groups is 2. The maximum Gasteiger partial charge on any atom is 0.188 e. The minimum atomic E-state index is -2.62. The first-order chi connectivity index (χ1) is 19.2. The summed E-state index contributed by atoms with van der Waals surface area (Å²) >= 11 is 0. The number of rotatable bonds is 10. The van der Waals surface area contributed by atoms with E-state index in [0.29, 0.717) is 0 Å². The van der Waals surface area contributed by atoms with Crippen molar-refractivity contribution in [3.63, 3.8) is 0 Å². The molecule has 1 saturated carbocycles. The van der Waals surface area contributed by atoms with Gasteiger partial charge < -0.3 is 88.1 Å². The van der Waals surface area contributed by atoms with Crippen LogP contribution in [0.3, 0.4) is 0 Å². The molecule has 41 heavy (non-hydrogen) atoms. The fourth-order valence-corrected chi connectivity index (χ4v) is 5.16. The Morgan fingerprint density at radius 2 is 1.46 bits per heavy atom. The number of carbonyl (C=O) groups excluding carboxylic acids is 1. The summed E-state index contributed by atoms with van der Waals surface area (Å²) in [6.45, 7) is -1.67. The van der Waals surface area contributed by atoms with E-state index >= 15 is 0 Å². The molecule has 20 nitrogen and oxygen atoms in total. The summed E-state index contributed by atoms with van der Waals surface area (Å²) in [4.78, 5) is 19.7. The molecule has 236 valence electrons. The lowest BCUT2D eigenvalue weighted by atomic mass is 9.81. The standard InChI is InChI=1S/C21H39N7O13/c1-26-9-13(35)10(32)5(2-29)38-17(9)41-16-18(39-6(3-30)21(16,37)4-31)40-15-8(28-20(24)25)11(33)7(27-19(22)23)12(34)14(15)36/h4-18,26,29-30,32-37H,2-3H2,1H3,(H4,22,23,27)(H4,24,25,28)/t5?,6?,7?,8?,9?,10?,11?,12?,13?,14?,15?,16?,17?,18?,21-/m1/s1. The number of nitrogens with two attached hydrogens (primary N) is 4. The van der Waals surface area contributed by atoms with Crippen LogP contribution in [0.5, 0.6) is 0 Å². The molecule has 0 bridgehead atoms. The molecular weight excluding hydrogens is 558 g/mol. The highest BCUT2D eigenvalue weighted by molar-refractivity contribution is 5.76. The van der Waals surface area contributed by atoms with Crippen molar-refractivity contribution in [2.75, 3.05) is 20.3 Å². The fraction of sp³-hybridized carbons (Fsp3) is 0.857. The highest BCUT2D eigenvalue weighted by atomic mass is 16.8. The lowest BCUT2D eigenvalue weighted by Gasteiger charge is -2.45. The summed E-state index contributed by atoms with van der Waals surface area (Å²) in [5, 5.41) is 86.5. The van der Waals surface area contributed by atoms with E-state index in [0.717, 1.165) is 0 Å². The van der Waals surface area contributed by atoms with Gasteiger partial charge in [-0.3, -0.25) is 4.79 Å². The van der Waals surface area contributed by atoms with Crippen molar-refractivity contribution in [2.24, 2.45) is 32.9 Å². The molecule has 1 aliphatic carbocycles. The van der Waals surface area contributed by atoms with Crippen LogP contribution in [-0.4, -0.2) is 171 Å². The molecule has 2 heterocycles. The number of likely N-dealkylation sites (N-methyl/N-ethyl adjacent to an activating group) is 1. The minimum Gasteiger partial charge on any atom is -0.394 e. The number of aldehydes is 1. The Hall–Kier alpha value is -2.31. The topological polar surface area (TPSA) is 357 Å². The molecule has 2 aliphatic heterocycles.